The van der Waals surface area contributed by atoms with E-state index in [4.69, 9.17) is 10.7 Å². The fourth-order valence-electron chi connectivity index (χ4n) is 2.23. The van der Waals surface area contributed by atoms with Gasteiger partial charge in [0.1, 0.15) is 5.01 Å². The Balaban J connectivity index is 1.94. The minimum atomic E-state index is 0.147. The van der Waals surface area contributed by atoms with Gasteiger partial charge in [0.25, 0.3) is 0 Å². The van der Waals surface area contributed by atoms with Gasteiger partial charge in [0, 0.05) is 10.9 Å². The van der Waals surface area contributed by atoms with Crippen LogP contribution in [0.4, 0.5) is 0 Å². The van der Waals surface area contributed by atoms with Crippen molar-refractivity contribution in [2.24, 2.45) is 11.7 Å². The van der Waals surface area contributed by atoms with E-state index in [0.29, 0.717) is 5.92 Å². The summed E-state index contributed by atoms with van der Waals surface area (Å²) in [7, 11) is 0. The van der Waals surface area contributed by atoms with E-state index >= 15 is 0 Å². The molecular weight excluding hydrogens is 240 g/mol. The van der Waals surface area contributed by atoms with E-state index in [1.165, 1.54) is 29.5 Å². The van der Waals surface area contributed by atoms with Gasteiger partial charge in [-0.3, -0.25) is 0 Å². The monoisotopic (exact) mass is 258 g/mol. The molecule has 1 fully saturated rings. The van der Waals surface area contributed by atoms with Crippen molar-refractivity contribution in [3.05, 3.63) is 39.7 Å². The Morgan fingerprint density at radius 2 is 2.11 bits per heavy atom. The lowest BCUT2D eigenvalue weighted by Gasteiger charge is -2.06. The van der Waals surface area contributed by atoms with Gasteiger partial charge in [-0.2, -0.15) is 0 Å². The summed E-state index contributed by atoms with van der Waals surface area (Å²) in [5.41, 5.74) is 11.1. The number of nitrogens with zero attached hydrogens (tertiary/aromatic N) is 1. The minimum Gasteiger partial charge on any atom is -0.322 e. The van der Waals surface area contributed by atoms with Crippen LogP contribution in [0, 0.1) is 19.8 Å². The average molecular weight is 258 g/mol. The molecule has 3 rings (SSSR count). The highest BCUT2D eigenvalue weighted by Gasteiger charge is 2.31. The van der Waals surface area contributed by atoms with Crippen LogP contribution >= 0.6 is 11.3 Å². The standard InChI is InChI=1S/C15H18N2S/c1-9-3-4-10(2)12(7-9)13-8-18-15(17-13)14(16)11-5-6-11/h3-4,7-8,11,14H,5-6,16H2,1-2H3. The van der Waals surface area contributed by atoms with Gasteiger partial charge in [-0.1, -0.05) is 17.7 Å². The summed E-state index contributed by atoms with van der Waals surface area (Å²) in [6.07, 6.45) is 2.53. The highest BCUT2D eigenvalue weighted by Crippen LogP contribution is 2.41. The molecule has 18 heavy (non-hydrogen) atoms. The summed E-state index contributed by atoms with van der Waals surface area (Å²) in [6.45, 7) is 4.25. The molecular formula is C15H18N2S. The summed E-state index contributed by atoms with van der Waals surface area (Å²) in [5, 5.41) is 3.23. The number of hydrogen-bond acceptors (Lipinski definition) is 3. The molecule has 0 amide bonds. The molecule has 0 bridgehead atoms. The number of benzene rings is 1. The van der Waals surface area contributed by atoms with Crippen LogP contribution in [-0.4, -0.2) is 4.98 Å². The largest absolute Gasteiger partial charge is 0.322 e. The van der Waals surface area contributed by atoms with Crippen LogP contribution in [0.3, 0.4) is 0 Å². The third-order valence-electron chi connectivity index (χ3n) is 3.61. The van der Waals surface area contributed by atoms with Crippen LogP contribution in [0.1, 0.15) is 35.0 Å². The highest BCUT2D eigenvalue weighted by molar-refractivity contribution is 7.10. The van der Waals surface area contributed by atoms with E-state index in [2.05, 4.69) is 37.4 Å². The molecule has 94 valence electrons. The van der Waals surface area contributed by atoms with Gasteiger partial charge in [0.05, 0.1) is 11.7 Å². The van der Waals surface area contributed by atoms with Crippen LogP contribution in [0.15, 0.2) is 23.6 Å². The molecule has 1 aromatic carbocycles. The number of aromatic nitrogens is 1. The maximum atomic E-state index is 6.21. The van der Waals surface area contributed by atoms with E-state index in [0.717, 1.165) is 10.7 Å². The second-order valence-electron chi connectivity index (χ2n) is 5.25. The summed E-state index contributed by atoms with van der Waals surface area (Å²) in [6, 6.07) is 6.65. The molecule has 1 unspecified atom stereocenters. The Morgan fingerprint density at radius 3 is 2.83 bits per heavy atom. The number of hydrogen-bond donors (Lipinski definition) is 1. The lowest BCUT2D eigenvalue weighted by molar-refractivity contribution is 0.629. The van der Waals surface area contributed by atoms with Crippen LogP contribution in [0.5, 0.6) is 0 Å². The van der Waals surface area contributed by atoms with E-state index in [1.807, 2.05) is 0 Å². The topological polar surface area (TPSA) is 38.9 Å². The van der Waals surface area contributed by atoms with Crippen molar-refractivity contribution < 1.29 is 0 Å². The lowest BCUT2D eigenvalue weighted by Crippen LogP contribution is -2.11. The van der Waals surface area contributed by atoms with Gasteiger partial charge in [0.15, 0.2) is 0 Å². The van der Waals surface area contributed by atoms with Crippen LogP contribution in [-0.2, 0) is 0 Å². The molecule has 0 aliphatic heterocycles. The molecule has 2 aromatic rings. The van der Waals surface area contributed by atoms with Gasteiger partial charge < -0.3 is 5.73 Å². The Kier molecular flexibility index (Phi) is 2.96. The maximum Gasteiger partial charge on any atom is 0.110 e. The lowest BCUT2D eigenvalue weighted by atomic mass is 10.0. The second-order valence-corrected chi connectivity index (χ2v) is 6.14. The van der Waals surface area contributed by atoms with Crippen molar-refractivity contribution in [3.63, 3.8) is 0 Å². The molecule has 1 aromatic heterocycles. The SMILES string of the molecule is Cc1ccc(C)c(-c2csc(C(N)C3CC3)n2)c1. The van der Waals surface area contributed by atoms with Crippen LogP contribution < -0.4 is 5.73 Å². The summed E-state index contributed by atoms with van der Waals surface area (Å²) in [5.74, 6) is 0.669. The first kappa shape index (κ1) is 11.9. The van der Waals surface area contributed by atoms with Gasteiger partial charge in [-0.05, 0) is 44.2 Å². The van der Waals surface area contributed by atoms with Crippen molar-refractivity contribution in [2.45, 2.75) is 32.7 Å². The molecule has 1 saturated carbocycles. The van der Waals surface area contributed by atoms with Gasteiger partial charge in [-0.15, -0.1) is 11.3 Å². The zero-order valence-electron chi connectivity index (χ0n) is 10.8. The molecule has 2 nitrogen and oxygen atoms in total. The van der Waals surface area contributed by atoms with Crippen molar-refractivity contribution in [2.75, 3.05) is 0 Å². The zero-order valence-corrected chi connectivity index (χ0v) is 11.6. The highest BCUT2D eigenvalue weighted by atomic mass is 32.1. The molecule has 3 heteroatoms. The van der Waals surface area contributed by atoms with Crippen LogP contribution in [0.2, 0.25) is 0 Å². The second kappa shape index (κ2) is 4.48. The molecule has 0 saturated heterocycles. The van der Waals surface area contributed by atoms with E-state index in [1.54, 1.807) is 11.3 Å². The normalized spacial score (nSPS) is 16.8. The molecule has 1 atom stereocenters. The first-order valence-electron chi connectivity index (χ1n) is 6.44. The minimum absolute atomic E-state index is 0.147. The number of nitrogens with two attached hydrogens (primary N) is 1. The molecule has 0 spiro atoms. The van der Waals surface area contributed by atoms with Crippen molar-refractivity contribution in [1.82, 2.24) is 4.98 Å². The molecule has 1 aliphatic rings. The van der Waals surface area contributed by atoms with Gasteiger partial charge >= 0.3 is 0 Å². The predicted octanol–water partition coefficient (Wildman–Crippen LogP) is 3.84. The van der Waals surface area contributed by atoms with E-state index in [-0.39, 0.29) is 6.04 Å². The Morgan fingerprint density at radius 1 is 1.33 bits per heavy atom. The van der Waals surface area contributed by atoms with Crippen LogP contribution in [0.25, 0.3) is 11.3 Å². The van der Waals surface area contributed by atoms with Gasteiger partial charge in [-0.25, -0.2) is 4.98 Å². The average Bonchev–Trinajstić information content (AvgIpc) is 3.09. The maximum absolute atomic E-state index is 6.21. The van der Waals surface area contributed by atoms with E-state index in [9.17, 15) is 0 Å². The smallest absolute Gasteiger partial charge is 0.110 e. The summed E-state index contributed by atoms with van der Waals surface area (Å²) < 4.78 is 0. The van der Waals surface area contributed by atoms with Crippen molar-refractivity contribution in [1.29, 1.82) is 0 Å². The fraction of sp³-hybridized carbons (Fsp3) is 0.400. The molecule has 0 radical (unpaired) electrons. The quantitative estimate of drug-likeness (QED) is 0.908. The Bertz CT molecular complexity index is 570. The van der Waals surface area contributed by atoms with Gasteiger partial charge in [0.2, 0.25) is 0 Å². The zero-order chi connectivity index (χ0) is 12.7. The fourth-order valence-corrected chi connectivity index (χ4v) is 3.15. The number of thiazole rings is 1. The molecule has 2 N–H and O–H groups in total. The van der Waals surface area contributed by atoms with E-state index < -0.39 is 0 Å². The van der Waals surface area contributed by atoms with Crippen molar-refractivity contribution >= 4 is 11.3 Å². The molecule has 1 aliphatic carbocycles. The third kappa shape index (κ3) is 2.20. The third-order valence-corrected chi connectivity index (χ3v) is 4.55. The first-order chi connectivity index (χ1) is 8.65. The summed E-state index contributed by atoms with van der Waals surface area (Å²) in [4.78, 5) is 4.74. The Hall–Kier alpha value is -1.19. The summed E-state index contributed by atoms with van der Waals surface area (Å²) >= 11 is 1.70. The number of aryl methyl sites for hydroxylation is 2. The predicted molar refractivity (Wildman–Crippen MR) is 76.7 cm³/mol. The molecule has 1 heterocycles. The Labute approximate surface area is 112 Å². The number of rotatable bonds is 3. The van der Waals surface area contributed by atoms with Crippen molar-refractivity contribution in [3.8, 4) is 11.3 Å². The first-order valence-corrected chi connectivity index (χ1v) is 7.32.